The lowest BCUT2D eigenvalue weighted by Gasteiger charge is -2.40. The molecule has 3 rings (SSSR count). The van der Waals surface area contributed by atoms with Crippen molar-refractivity contribution in [2.45, 2.75) is 68.8 Å². The van der Waals surface area contributed by atoms with E-state index in [1.165, 1.54) is 11.8 Å². The molecule has 1 heterocycles. The van der Waals surface area contributed by atoms with E-state index in [1.807, 2.05) is 32.9 Å². The first-order valence-corrected chi connectivity index (χ1v) is 10.5. The molecular weight excluding hydrogens is 372 g/mol. The summed E-state index contributed by atoms with van der Waals surface area (Å²) in [6, 6.07) is 8.53. The Bertz CT molecular complexity index is 876. The highest BCUT2D eigenvalue weighted by atomic mass is 32.2. The Labute approximate surface area is 170 Å². The lowest BCUT2D eigenvalue weighted by molar-refractivity contribution is -0.133. The van der Waals surface area contributed by atoms with Gasteiger partial charge in [0.15, 0.2) is 0 Å². The van der Waals surface area contributed by atoms with Crippen LogP contribution in [0.5, 0.6) is 0 Å². The molecule has 148 valence electrons. The highest BCUT2D eigenvalue weighted by Crippen LogP contribution is 2.34. The summed E-state index contributed by atoms with van der Waals surface area (Å²) in [7, 11) is 1.75. The van der Waals surface area contributed by atoms with E-state index in [-0.39, 0.29) is 5.91 Å². The predicted octanol–water partition coefficient (Wildman–Crippen LogP) is 3.44. The Balaban J connectivity index is 1.78. The van der Waals surface area contributed by atoms with Crippen molar-refractivity contribution in [1.29, 1.82) is 5.26 Å². The number of nitriles is 1. The Morgan fingerprint density at radius 2 is 1.89 bits per heavy atom. The zero-order chi connectivity index (χ0) is 20.3. The van der Waals surface area contributed by atoms with Gasteiger partial charge in [0.2, 0.25) is 11.1 Å². The number of hydrogen-bond acceptors (Lipinski definition) is 6. The maximum absolute atomic E-state index is 13.1. The number of amides is 1. The summed E-state index contributed by atoms with van der Waals surface area (Å²) in [5.74, 6) is -0.0663. The second-order valence-corrected chi connectivity index (χ2v) is 8.89. The van der Waals surface area contributed by atoms with Gasteiger partial charge in [0.05, 0.1) is 17.0 Å². The molecule has 1 aromatic heterocycles. The van der Waals surface area contributed by atoms with Gasteiger partial charge in [-0.1, -0.05) is 37.1 Å². The van der Waals surface area contributed by atoms with Gasteiger partial charge in [0, 0.05) is 7.05 Å². The molecule has 0 N–H and O–H groups in total. The van der Waals surface area contributed by atoms with E-state index in [0.717, 1.165) is 48.9 Å². The highest BCUT2D eigenvalue weighted by Gasteiger charge is 2.40. The van der Waals surface area contributed by atoms with Crippen LogP contribution in [0.3, 0.4) is 0 Å². The van der Waals surface area contributed by atoms with Crippen LogP contribution in [0.1, 0.15) is 50.2 Å². The molecule has 0 unspecified atom stereocenters. The predicted molar refractivity (Wildman–Crippen MR) is 108 cm³/mol. The second kappa shape index (κ2) is 8.31. The van der Waals surface area contributed by atoms with E-state index in [4.69, 9.17) is 0 Å². The zero-order valence-corrected chi connectivity index (χ0v) is 17.7. The number of thioether (sulfide) groups is 1. The Morgan fingerprint density at radius 1 is 1.25 bits per heavy atom. The standard InChI is InChI=1S/C20H26N6OS/c1-14-10-15(2)12-17(11-14)26-19(22-23-24-26)28-16(3)18(27)25(4)20(13-21)8-6-5-7-9-20/h10-12,16H,5-9H2,1-4H3/t16-/m1/s1. The van der Waals surface area contributed by atoms with Gasteiger partial charge < -0.3 is 4.90 Å². The summed E-state index contributed by atoms with van der Waals surface area (Å²) in [5.41, 5.74) is 2.43. The molecule has 1 atom stereocenters. The summed E-state index contributed by atoms with van der Waals surface area (Å²) < 4.78 is 1.66. The second-order valence-electron chi connectivity index (χ2n) is 7.58. The third-order valence-electron chi connectivity index (χ3n) is 5.38. The van der Waals surface area contributed by atoms with Crippen LogP contribution >= 0.6 is 11.8 Å². The molecule has 1 aromatic carbocycles. The maximum Gasteiger partial charge on any atom is 0.236 e. The molecule has 1 aliphatic rings. The molecule has 1 amide bonds. The van der Waals surface area contributed by atoms with Crippen LogP contribution in [0.25, 0.3) is 5.69 Å². The minimum atomic E-state index is -0.691. The number of aromatic nitrogens is 4. The van der Waals surface area contributed by atoms with Crippen molar-refractivity contribution in [2.75, 3.05) is 7.05 Å². The fourth-order valence-electron chi connectivity index (χ4n) is 3.84. The zero-order valence-electron chi connectivity index (χ0n) is 16.8. The van der Waals surface area contributed by atoms with E-state index in [2.05, 4.69) is 27.7 Å². The maximum atomic E-state index is 13.1. The number of carbonyl (C=O) groups excluding carboxylic acids is 1. The van der Waals surface area contributed by atoms with Crippen molar-refractivity contribution < 1.29 is 4.79 Å². The summed E-state index contributed by atoms with van der Waals surface area (Å²) in [6.45, 7) is 5.90. The number of carbonyl (C=O) groups is 1. The average molecular weight is 399 g/mol. The van der Waals surface area contributed by atoms with Crippen LogP contribution in [0.15, 0.2) is 23.4 Å². The van der Waals surface area contributed by atoms with Crippen LogP contribution in [-0.4, -0.2) is 48.9 Å². The molecule has 28 heavy (non-hydrogen) atoms. The SMILES string of the molecule is Cc1cc(C)cc(-n2nnnc2S[C@H](C)C(=O)N(C)C2(C#N)CCCCC2)c1. The van der Waals surface area contributed by atoms with E-state index < -0.39 is 10.8 Å². The van der Waals surface area contributed by atoms with E-state index >= 15 is 0 Å². The molecule has 0 radical (unpaired) electrons. The minimum absolute atomic E-state index is 0.0663. The van der Waals surface area contributed by atoms with Gasteiger partial charge in [-0.15, -0.1) is 5.10 Å². The van der Waals surface area contributed by atoms with Gasteiger partial charge in [-0.3, -0.25) is 4.79 Å². The molecule has 1 aliphatic carbocycles. The molecule has 7 nitrogen and oxygen atoms in total. The average Bonchev–Trinajstić information content (AvgIpc) is 3.14. The Hall–Kier alpha value is -2.40. The van der Waals surface area contributed by atoms with Crippen molar-refractivity contribution in [3.8, 4) is 11.8 Å². The van der Waals surface area contributed by atoms with E-state index in [9.17, 15) is 10.1 Å². The van der Waals surface area contributed by atoms with Gasteiger partial charge >= 0.3 is 0 Å². The van der Waals surface area contributed by atoms with Crippen LogP contribution in [0.2, 0.25) is 0 Å². The first-order valence-electron chi connectivity index (χ1n) is 9.59. The quantitative estimate of drug-likeness (QED) is 0.717. The molecule has 8 heteroatoms. The van der Waals surface area contributed by atoms with Crippen LogP contribution < -0.4 is 0 Å². The van der Waals surface area contributed by atoms with E-state index in [1.54, 1.807) is 16.6 Å². The molecular formula is C20H26N6OS. The van der Waals surface area contributed by atoms with Gasteiger partial charge in [-0.05, 0) is 67.3 Å². The summed E-state index contributed by atoms with van der Waals surface area (Å²) in [4.78, 5) is 14.7. The topological polar surface area (TPSA) is 87.7 Å². The third kappa shape index (κ3) is 4.04. The fraction of sp³-hybridized carbons (Fsp3) is 0.550. The first-order chi connectivity index (χ1) is 13.4. The van der Waals surface area contributed by atoms with Crippen molar-refractivity contribution in [3.63, 3.8) is 0 Å². The molecule has 0 saturated heterocycles. The van der Waals surface area contributed by atoms with Crippen molar-refractivity contribution in [2.24, 2.45) is 0 Å². The van der Waals surface area contributed by atoms with Gasteiger partial charge in [-0.2, -0.15) is 9.94 Å². The van der Waals surface area contributed by atoms with Crippen molar-refractivity contribution in [3.05, 3.63) is 29.3 Å². The van der Waals surface area contributed by atoms with Crippen LogP contribution in [-0.2, 0) is 4.79 Å². The number of rotatable bonds is 5. The first kappa shape index (κ1) is 20.3. The molecule has 2 aromatic rings. The molecule has 0 aliphatic heterocycles. The van der Waals surface area contributed by atoms with E-state index in [0.29, 0.717) is 5.16 Å². The molecule has 0 spiro atoms. The minimum Gasteiger partial charge on any atom is -0.326 e. The normalized spacial score (nSPS) is 17.0. The summed E-state index contributed by atoms with van der Waals surface area (Å²) in [6.07, 6.45) is 4.57. The molecule has 1 saturated carbocycles. The van der Waals surface area contributed by atoms with Crippen LogP contribution in [0, 0.1) is 25.2 Å². The smallest absolute Gasteiger partial charge is 0.236 e. The Kier molecular flexibility index (Phi) is 6.04. The molecule has 1 fully saturated rings. The highest BCUT2D eigenvalue weighted by molar-refractivity contribution is 8.00. The summed E-state index contributed by atoms with van der Waals surface area (Å²) in [5, 5.41) is 21.9. The fourth-order valence-corrected chi connectivity index (χ4v) is 4.74. The lowest BCUT2D eigenvalue weighted by atomic mass is 9.81. The van der Waals surface area contributed by atoms with Crippen molar-refractivity contribution in [1.82, 2.24) is 25.1 Å². The Morgan fingerprint density at radius 3 is 2.50 bits per heavy atom. The lowest BCUT2D eigenvalue weighted by Crippen LogP contribution is -2.52. The number of hydrogen-bond donors (Lipinski definition) is 0. The third-order valence-corrected chi connectivity index (χ3v) is 6.40. The monoisotopic (exact) mass is 398 g/mol. The van der Waals surface area contributed by atoms with Gasteiger partial charge in [0.25, 0.3) is 0 Å². The summed E-state index contributed by atoms with van der Waals surface area (Å²) >= 11 is 1.32. The number of nitrogens with zero attached hydrogens (tertiary/aromatic N) is 6. The number of aryl methyl sites for hydroxylation is 2. The largest absolute Gasteiger partial charge is 0.326 e. The molecule has 0 bridgehead atoms. The van der Waals surface area contributed by atoms with Gasteiger partial charge in [-0.25, -0.2) is 0 Å². The van der Waals surface area contributed by atoms with Crippen molar-refractivity contribution >= 4 is 17.7 Å². The number of benzene rings is 1. The number of tetrazole rings is 1. The van der Waals surface area contributed by atoms with Crippen LogP contribution in [0.4, 0.5) is 0 Å². The van der Waals surface area contributed by atoms with Gasteiger partial charge in [0.1, 0.15) is 5.54 Å².